The molecule has 7 nitrogen and oxygen atoms in total. The normalized spacial score (nSPS) is 20.1. The second-order valence-electron chi connectivity index (χ2n) is 3.83. The summed E-state index contributed by atoms with van der Waals surface area (Å²) in [6, 6.07) is 0. The number of hydroxylamine groups is 2. The fourth-order valence-corrected chi connectivity index (χ4v) is 1.61. The van der Waals surface area contributed by atoms with Gasteiger partial charge in [0.15, 0.2) is 0 Å². The average Bonchev–Trinajstić information content (AvgIpc) is 2.35. The first-order chi connectivity index (χ1) is 8.04. The maximum Gasteiger partial charge on any atom is 0.407 e. The van der Waals surface area contributed by atoms with Gasteiger partial charge in [0.25, 0.3) is 0 Å². The largest absolute Gasteiger partial charge is 0.465 e. The van der Waals surface area contributed by atoms with Crippen LogP contribution < -0.4 is 0 Å². The lowest BCUT2D eigenvalue weighted by Crippen LogP contribution is -2.45. The van der Waals surface area contributed by atoms with Crippen LogP contribution in [-0.2, 0) is 14.4 Å². The molecule has 1 fully saturated rings. The highest BCUT2D eigenvalue weighted by Gasteiger charge is 2.24. The van der Waals surface area contributed by atoms with E-state index in [1.54, 1.807) is 0 Å². The molecule has 1 N–H and O–H groups in total. The van der Waals surface area contributed by atoms with E-state index in [1.807, 2.05) is 0 Å². The standard InChI is InChI=1S/C10H18N2O5/c1-11(16-2)9(13)4-3-8-7-12(10(14)15)5-6-17-8/h8H,3-7H2,1-2H3,(H,14,15). The van der Waals surface area contributed by atoms with E-state index in [-0.39, 0.29) is 18.4 Å². The predicted octanol–water partition coefficient (Wildman–Crippen LogP) is 0.165. The Balaban J connectivity index is 2.32. The van der Waals surface area contributed by atoms with Crippen LogP contribution in [0.5, 0.6) is 0 Å². The zero-order valence-corrected chi connectivity index (χ0v) is 10.1. The van der Waals surface area contributed by atoms with Crippen LogP contribution in [0.3, 0.4) is 0 Å². The summed E-state index contributed by atoms with van der Waals surface area (Å²) in [5, 5.41) is 9.99. The van der Waals surface area contributed by atoms with Gasteiger partial charge in [-0.3, -0.25) is 9.63 Å². The summed E-state index contributed by atoms with van der Waals surface area (Å²) in [6.45, 7) is 1.09. The Morgan fingerprint density at radius 2 is 2.29 bits per heavy atom. The van der Waals surface area contributed by atoms with E-state index >= 15 is 0 Å². The summed E-state index contributed by atoms with van der Waals surface area (Å²) in [5.41, 5.74) is 0. The fourth-order valence-electron chi connectivity index (χ4n) is 1.61. The number of carbonyl (C=O) groups is 2. The summed E-state index contributed by atoms with van der Waals surface area (Å²) < 4.78 is 5.41. The van der Waals surface area contributed by atoms with Gasteiger partial charge in [-0.2, -0.15) is 0 Å². The summed E-state index contributed by atoms with van der Waals surface area (Å²) in [6.07, 6.45) is -0.383. The van der Waals surface area contributed by atoms with E-state index in [4.69, 9.17) is 14.7 Å². The molecule has 1 heterocycles. The lowest BCUT2D eigenvalue weighted by molar-refractivity contribution is -0.169. The van der Waals surface area contributed by atoms with Crippen LogP contribution >= 0.6 is 0 Å². The molecule has 0 aromatic heterocycles. The zero-order chi connectivity index (χ0) is 12.8. The topological polar surface area (TPSA) is 79.3 Å². The molecule has 1 aliphatic heterocycles. The second kappa shape index (κ2) is 6.41. The third-order valence-corrected chi connectivity index (χ3v) is 2.71. The van der Waals surface area contributed by atoms with Crippen molar-refractivity contribution in [2.45, 2.75) is 18.9 Å². The Morgan fingerprint density at radius 1 is 1.59 bits per heavy atom. The number of ether oxygens (including phenoxy) is 1. The van der Waals surface area contributed by atoms with Crippen molar-refractivity contribution in [2.24, 2.45) is 0 Å². The highest BCUT2D eigenvalue weighted by Crippen LogP contribution is 2.11. The summed E-state index contributed by atoms with van der Waals surface area (Å²) >= 11 is 0. The second-order valence-corrected chi connectivity index (χ2v) is 3.83. The van der Waals surface area contributed by atoms with Crippen LogP contribution in [0.25, 0.3) is 0 Å². The molecule has 0 aromatic rings. The molecule has 1 saturated heterocycles. The smallest absolute Gasteiger partial charge is 0.407 e. The molecule has 1 aliphatic rings. The number of carbonyl (C=O) groups excluding carboxylic acids is 1. The minimum absolute atomic E-state index is 0.149. The third-order valence-electron chi connectivity index (χ3n) is 2.71. The molecular formula is C10H18N2O5. The molecule has 0 aromatic carbocycles. The predicted molar refractivity (Wildman–Crippen MR) is 58.4 cm³/mol. The van der Waals surface area contributed by atoms with Crippen molar-refractivity contribution in [3.8, 4) is 0 Å². The van der Waals surface area contributed by atoms with Crippen molar-refractivity contribution >= 4 is 12.0 Å². The molecule has 0 bridgehead atoms. The minimum atomic E-state index is -0.946. The zero-order valence-electron chi connectivity index (χ0n) is 10.1. The first kappa shape index (κ1) is 13.7. The molecule has 0 spiro atoms. The number of amides is 2. The minimum Gasteiger partial charge on any atom is -0.465 e. The molecule has 7 heteroatoms. The average molecular weight is 246 g/mol. The number of hydrogen-bond acceptors (Lipinski definition) is 4. The SMILES string of the molecule is CON(C)C(=O)CCC1CN(C(=O)O)CCO1. The van der Waals surface area contributed by atoms with Gasteiger partial charge in [-0.25, -0.2) is 9.86 Å². The Morgan fingerprint density at radius 3 is 2.88 bits per heavy atom. The first-order valence-electron chi connectivity index (χ1n) is 5.44. The van der Waals surface area contributed by atoms with Crippen molar-refractivity contribution < 1.29 is 24.3 Å². The van der Waals surface area contributed by atoms with Crippen LogP contribution in [-0.4, -0.2) is 67.0 Å². The van der Waals surface area contributed by atoms with Crippen LogP contribution in [0.15, 0.2) is 0 Å². The van der Waals surface area contributed by atoms with Crippen molar-refractivity contribution in [2.75, 3.05) is 33.9 Å². The molecular weight excluding hydrogens is 228 g/mol. The van der Waals surface area contributed by atoms with E-state index in [0.29, 0.717) is 26.1 Å². The van der Waals surface area contributed by atoms with E-state index in [1.165, 1.54) is 19.1 Å². The Bertz CT molecular complexity index is 284. The number of morpholine rings is 1. The van der Waals surface area contributed by atoms with Crippen molar-refractivity contribution in [1.29, 1.82) is 0 Å². The number of carboxylic acid groups (broad SMARTS) is 1. The molecule has 0 saturated carbocycles. The Kier molecular flexibility index (Phi) is 5.17. The highest BCUT2D eigenvalue weighted by molar-refractivity contribution is 5.74. The number of hydrogen-bond donors (Lipinski definition) is 1. The Hall–Kier alpha value is -1.34. The van der Waals surface area contributed by atoms with Crippen LogP contribution in [0.2, 0.25) is 0 Å². The highest BCUT2D eigenvalue weighted by atomic mass is 16.7. The maximum absolute atomic E-state index is 11.4. The van der Waals surface area contributed by atoms with Gasteiger partial charge in [0.2, 0.25) is 5.91 Å². The van der Waals surface area contributed by atoms with Crippen molar-refractivity contribution in [1.82, 2.24) is 9.96 Å². The molecule has 1 atom stereocenters. The molecule has 17 heavy (non-hydrogen) atoms. The molecule has 1 rings (SSSR count). The molecule has 2 amide bonds. The summed E-state index contributed by atoms with van der Waals surface area (Å²) in [7, 11) is 2.95. The van der Waals surface area contributed by atoms with Gasteiger partial charge in [0.05, 0.1) is 26.4 Å². The molecule has 98 valence electrons. The van der Waals surface area contributed by atoms with Crippen LogP contribution in [0, 0.1) is 0 Å². The van der Waals surface area contributed by atoms with E-state index < -0.39 is 6.09 Å². The fraction of sp³-hybridized carbons (Fsp3) is 0.800. The summed E-state index contributed by atoms with van der Waals surface area (Å²) in [4.78, 5) is 28.3. The van der Waals surface area contributed by atoms with Crippen molar-refractivity contribution in [3.05, 3.63) is 0 Å². The molecule has 0 radical (unpaired) electrons. The number of rotatable bonds is 4. The van der Waals surface area contributed by atoms with Gasteiger partial charge < -0.3 is 14.7 Å². The first-order valence-corrected chi connectivity index (χ1v) is 5.44. The van der Waals surface area contributed by atoms with Gasteiger partial charge in [0, 0.05) is 20.0 Å². The van der Waals surface area contributed by atoms with E-state index in [0.717, 1.165) is 5.06 Å². The monoisotopic (exact) mass is 246 g/mol. The van der Waals surface area contributed by atoms with Crippen LogP contribution in [0.4, 0.5) is 4.79 Å². The van der Waals surface area contributed by atoms with E-state index in [2.05, 4.69) is 0 Å². The van der Waals surface area contributed by atoms with Gasteiger partial charge in [-0.05, 0) is 6.42 Å². The maximum atomic E-state index is 11.4. The lowest BCUT2D eigenvalue weighted by Gasteiger charge is -2.31. The summed E-state index contributed by atoms with van der Waals surface area (Å²) in [5.74, 6) is -0.149. The van der Waals surface area contributed by atoms with Gasteiger partial charge in [0.1, 0.15) is 0 Å². The van der Waals surface area contributed by atoms with Crippen LogP contribution in [0.1, 0.15) is 12.8 Å². The van der Waals surface area contributed by atoms with E-state index in [9.17, 15) is 9.59 Å². The van der Waals surface area contributed by atoms with Gasteiger partial charge in [-0.1, -0.05) is 0 Å². The lowest BCUT2D eigenvalue weighted by atomic mass is 10.1. The third kappa shape index (κ3) is 4.20. The number of nitrogens with zero attached hydrogens (tertiary/aromatic N) is 2. The molecule has 0 aliphatic carbocycles. The Labute approximate surface area is 99.8 Å². The van der Waals surface area contributed by atoms with Crippen molar-refractivity contribution in [3.63, 3.8) is 0 Å². The quantitative estimate of drug-likeness (QED) is 0.715. The molecule has 1 unspecified atom stereocenters. The van der Waals surface area contributed by atoms with Gasteiger partial charge >= 0.3 is 6.09 Å². The van der Waals surface area contributed by atoms with Gasteiger partial charge in [-0.15, -0.1) is 0 Å².